The zero-order valence-electron chi connectivity index (χ0n) is 12.1. The number of hydrogen-bond donors (Lipinski definition) is 1. The molecule has 0 aromatic heterocycles. The van der Waals surface area contributed by atoms with E-state index in [-0.39, 0.29) is 6.61 Å². The smallest absolute Gasteiger partial charge is 0.339 e. The van der Waals surface area contributed by atoms with E-state index in [4.69, 9.17) is 10.5 Å². The molecule has 2 N–H and O–H groups in total. The molecule has 0 atom stereocenters. The predicted molar refractivity (Wildman–Crippen MR) is 93.2 cm³/mol. The lowest BCUT2D eigenvalue weighted by molar-refractivity contribution is 0.0470. The Hall–Kier alpha value is -1.86. The van der Waals surface area contributed by atoms with Crippen molar-refractivity contribution in [2.45, 2.75) is 6.61 Å². The van der Waals surface area contributed by atoms with Crippen LogP contribution in [0.15, 0.2) is 45.3 Å². The molecule has 7 heteroatoms. The number of nitrogen functional groups attached to an aromatic ring is 1. The van der Waals surface area contributed by atoms with E-state index in [1.54, 1.807) is 18.2 Å². The van der Waals surface area contributed by atoms with Gasteiger partial charge in [0.2, 0.25) is 0 Å². The minimum atomic E-state index is -0.517. The number of carbonyl (C=O) groups is 2. The number of benzene rings is 2. The molecule has 0 aliphatic carbocycles. The maximum atomic E-state index is 12.2. The van der Waals surface area contributed by atoms with E-state index in [1.807, 2.05) is 6.07 Å². The van der Waals surface area contributed by atoms with Gasteiger partial charge in [-0.2, -0.15) is 0 Å². The van der Waals surface area contributed by atoms with Crippen LogP contribution in [0.2, 0.25) is 0 Å². The Labute approximate surface area is 150 Å². The van der Waals surface area contributed by atoms with E-state index in [2.05, 4.69) is 36.6 Å². The van der Waals surface area contributed by atoms with Crippen molar-refractivity contribution < 1.29 is 19.1 Å². The molecule has 0 heterocycles. The number of rotatable bonds is 4. The van der Waals surface area contributed by atoms with Gasteiger partial charge in [0.05, 0.1) is 18.2 Å². The summed E-state index contributed by atoms with van der Waals surface area (Å²) in [5.74, 6) is -1.02. The Morgan fingerprint density at radius 2 is 1.65 bits per heavy atom. The van der Waals surface area contributed by atoms with Crippen molar-refractivity contribution in [1.82, 2.24) is 0 Å². The van der Waals surface area contributed by atoms with E-state index in [1.165, 1.54) is 19.2 Å². The number of esters is 2. The lowest BCUT2D eigenvalue weighted by Crippen LogP contribution is -2.09. The largest absolute Gasteiger partial charge is 0.465 e. The average Bonchev–Trinajstić information content (AvgIpc) is 2.53. The van der Waals surface area contributed by atoms with Gasteiger partial charge in [0.25, 0.3) is 0 Å². The van der Waals surface area contributed by atoms with E-state index >= 15 is 0 Å². The molecule has 0 saturated heterocycles. The molecule has 0 radical (unpaired) electrons. The van der Waals surface area contributed by atoms with Gasteiger partial charge < -0.3 is 15.2 Å². The number of hydrogen-bond acceptors (Lipinski definition) is 5. The Morgan fingerprint density at radius 1 is 1.04 bits per heavy atom. The summed E-state index contributed by atoms with van der Waals surface area (Å²) in [5.41, 5.74) is 7.68. The highest BCUT2D eigenvalue weighted by atomic mass is 79.9. The monoisotopic (exact) mass is 441 g/mol. The third-order valence-corrected chi connectivity index (χ3v) is 4.32. The second kappa shape index (κ2) is 7.61. The van der Waals surface area contributed by atoms with Gasteiger partial charge in [-0.25, -0.2) is 9.59 Å². The van der Waals surface area contributed by atoms with Gasteiger partial charge in [-0.1, -0.05) is 12.1 Å². The highest BCUT2D eigenvalue weighted by Gasteiger charge is 2.18. The van der Waals surface area contributed by atoms with Crippen LogP contribution in [-0.4, -0.2) is 19.0 Å². The van der Waals surface area contributed by atoms with E-state index in [9.17, 15) is 9.59 Å². The van der Waals surface area contributed by atoms with Gasteiger partial charge in [0, 0.05) is 14.6 Å². The highest BCUT2D eigenvalue weighted by Crippen LogP contribution is 2.27. The van der Waals surface area contributed by atoms with Crippen LogP contribution in [0.5, 0.6) is 0 Å². The first-order valence-electron chi connectivity index (χ1n) is 6.51. The molecule has 0 fully saturated rings. The maximum Gasteiger partial charge on any atom is 0.339 e. The molecule has 120 valence electrons. The number of methoxy groups -OCH3 is 1. The lowest BCUT2D eigenvalue weighted by atomic mass is 10.1. The van der Waals surface area contributed by atoms with Crippen molar-refractivity contribution in [2.75, 3.05) is 12.8 Å². The van der Waals surface area contributed by atoms with E-state index in [0.29, 0.717) is 25.8 Å². The summed E-state index contributed by atoms with van der Waals surface area (Å²) < 4.78 is 10.8. The quantitative estimate of drug-likeness (QED) is 0.573. The SMILES string of the molecule is COC(=O)c1cc(Br)c(C(=O)OCc2cccc(N)c2)cc1Br. The summed E-state index contributed by atoms with van der Waals surface area (Å²) in [7, 11) is 1.29. The van der Waals surface area contributed by atoms with Crippen molar-refractivity contribution >= 4 is 49.5 Å². The molecule has 0 aliphatic rings. The molecule has 0 bridgehead atoms. The third-order valence-electron chi connectivity index (χ3n) is 3.00. The van der Waals surface area contributed by atoms with Gasteiger partial charge in [0.1, 0.15) is 6.61 Å². The van der Waals surface area contributed by atoms with E-state index < -0.39 is 11.9 Å². The fourth-order valence-electron chi connectivity index (χ4n) is 1.88. The van der Waals surface area contributed by atoms with Gasteiger partial charge in [-0.05, 0) is 61.7 Å². The highest BCUT2D eigenvalue weighted by molar-refractivity contribution is 9.11. The molecule has 0 amide bonds. The van der Waals surface area contributed by atoms with Crippen molar-refractivity contribution in [1.29, 1.82) is 0 Å². The standard InChI is InChI=1S/C16H13Br2NO4/c1-22-15(20)11-6-14(18)12(7-13(11)17)16(21)23-8-9-3-2-4-10(19)5-9/h2-7H,8,19H2,1H3. The molecule has 2 rings (SSSR count). The first kappa shape index (κ1) is 17.5. The Balaban J connectivity index is 2.16. The van der Waals surface area contributed by atoms with Gasteiger partial charge in [-0.15, -0.1) is 0 Å². The molecule has 5 nitrogen and oxygen atoms in total. The number of carbonyl (C=O) groups excluding carboxylic acids is 2. The van der Waals surface area contributed by atoms with Gasteiger partial charge in [0.15, 0.2) is 0 Å². The van der Waals surface area contributed by atoms with Crippen LogP contribution in [-0.2, 0) is 16.1 Å². The van der Waals surface area contributed by atoms with Crippen molar-refractivity contribution in [2.24, 2.45) is 0 Å². The minimum absolute atomic E-state index is 0.104. The molecule has 0 aliphatic heterocycles. The summed E-state index contributed by atoms with van der Waals surface area (Å²) in [6.07, 6.45) is 0. The third kappa shape index (κ3) is 4.33. The molecular weight excluding hydrogens is 430 g/mol. The molecule has 0 unspecified atom stereocenters. The summed E-state index contributed by atoms with van der Waals surface area (Å²) in [4.78, 5) is 23.8. The molecule has 2 aromatic carbocycles. The molecular formula is C16H13Br2NO4. The molecule has 0 saturated carbocycles. The van der Waals surface area contributed by atoms with Crippen LogP contribution in [0.25, 0.3) is 0 Å². The summed E-state index contributed by atoms with van der Waals surface area (Å²) in [6, 6.07) is 10.1. The Morgan fingerprint density at radius 3 is 2.22 bits per heavy atom. The topological polar surface area (TPSA) is 78.6 Å². The summed E-state index contributed by atoms with van der Waals surface area (Å²) in [6.45, 7) is 0.104. The van der Waals surface area contributed by atoms with Crippen LogP contribution in [0, 0.1) is 0 Å². The van der Waals surface area contributed by atoms with Gasteiger partial charge in [-0.3, -0.25) is 0 Å². The zero-order chi connectivity index (χ0) is 17.0. The van der Waals surface area contributed by atoms with Crippen LogP contribution in [0.3, 0.4) is 0 Å². The minimum Gasteiger partial charge on any atom is -0.465 e. The zero-order valence-corrected chi connectivity index (χ0v) is 15.3. The number of ether oxygens (including phenoxy) is 2. The molecule has 0 spiro atoms. The number of nitrogens with two attached hydrogens (primary N) is 1. The van der Waals surface area contributed by atoms with Crippen molar-refractivity contribution in [3.8, 4) is 0 Å². The summed E-state index contributed by atoms with van der Waals surface area (Å²) in [5, 5.41) is 0. The maximum absolute atomic E-state index is 12.2. The van der Waals surface area contributed by atoms with Crippen LogP contribution < -0.4 is 5.73 Å². The van der Waals surface area contributed by atoms with Crippen molar-refractivity contribution in [3.05, 3.63) is 62.0 Å². The van der Waals surface area contributed by atoms with Crippen LogP contribution in [0.4, 0.5) is 5.69 Å². The molecule has 23 heavy (non-hydrogen) atoms. The first-order valence-corrected chi connectivity index (χ1v) is 8.10. The lowest BCUT2D eigenvalue weighted by Gasteiger charge is -2.10. The van der Waals surface area contributed by atoms with E-state index in [0.717, 1.165) is 5.56 Å². The molecule has 2 aromatic rings. The first-order chi connectivity index (χ1) is 10.9. The Kier molecular flexibility index (Phi) is 5.79. The van der Waals surface area contributed by atoms with Crippen molar-refractivity contribution in [3.63, 3.8) is 0 Å². The van der Waals surface area contributed by atoms with Gasteiger partial charge >= 0.3 is 11.9 Å². The average molecular weight is 443 g/mol. The normalized spacial score (nSPS) is 10.2. The van der Waals surface area contributed by atoms with Crippen LogP contribution in [0.1, 0.15) is 26.3 Å². The fraction of sp³-hybridized carbons (Fsp3) is 0.125. The number of halogens is 2. The fourth-order valence-corrected chi connectivity index (χ4v) is 2.89. The number of anilines is 1. The van der Waals surface area contributed by atoms with Crippen LogP contribution >= 0.6 is 31.9 Å². The second-order valence-electron chi connectivity index (χ2n) is 4.62. The second-order valence-corrected chi connectivity index (χ2v) is 6.33. The predicted octanol–water partition coefficient (Wildman–Crippen LogP) is 3.94. The summed E-state index contributed by atoms with van der Waals surface area (Å²) >= 11 is 6.52. The Bertz CT molecular complexity index is 762.